The number of ether oxygens (including phenoxy) is 1. The molecule has 0 spiro atoms. The molecule has 120 valence electrons. The third-order valence-corrected chi connectivity index (χ3v) is 4.43. The predicted molar refractivity (Wildman–Crippen MR) is 97.2 cm³/mol. The van der Waals surface area contributed by atoms with E-state index in [2.05, 4.69) is 52.0 Å². The van der Waals surface area contributed by atoms with E-state index in [1.807, 2.05) is 18.3 Å². The van der Waals surface area contributed by atoms with Crippen LogP contribution in [0.2, 0.25) is 0 Å². The van der Waals surface area contributed by atoms with Gasteiger partial charge in [-0.3, -0.25) is 4.98 Å². The lowest BCUT2D eigenvalue weighted by molar-refractivity contribution is 0.415. The van der Waals surface area contributed by atoms with E-state index in [0.717, 1.165) is 39.8 Å². The highest BCUT2D eigenvalue weighted by Crippen LogP contribution is 2.30. The summed E-state index contributed by atoms with van der Waals surface area (Å²) in [5, 5.41) is 1.14. The molecular formula is C20H19N3O. The van der Waals surface area contributed by atoms with Crippen LogP contribution in [0.15, 0.2) is 60.8 Å². The number of hydrogen-bond acceptors (Lipinski definition) is 3. The molecule has 0 radical (unpaired) electrons. The SMILES string of the molecule is COc1ccc2c3ncccc3n(Cc3ccc(CN)cc3)c2c1. The van der Waals surface area contributed by atoms with Crippen molar-refractivity contribution in [2.75, 3.05) is 7.11 Å². The molecule has 2 aromatic carbocycles. The molecule has 0 saturated heterocycles. The first-order chi connectivity index (χ1) is 11.8. The molecule has 0 saturated carbocycles. The molecule has 0 amide bonds. The Bertz CT molecular complexity index is 1000. The number of methoxy groups -OCH3 is 1. The number of nitrogens with two attached hydrogens (primary N) is 1. The normalized spacial score (nSPS) is 11.2. The number of nitrogens with zero attached hydrogens (tertiary/aromatic N) is 2. The van der Waals surface area contributed by atoms with Gasteiger partial charge in [0.2, 0.25) is 0 Å². The smallest absolute Gasteiger partial charge is 0.120 e. The number of hydrogen-bond donors (Lipinski definition) is 1. The molecule has 4 rings (SSSR count). The lowest BCUT2D eigenvalue weighted by Gasteiger charge is -2.09. The molecule has 4 heteroatoms. The number of aromatic nitrogens is 2. The minimum absolute atomic E-state index is 0.566. The van der Waals surface area contributed by atoms with Crippen LogP contribution in [0.5, 0.6) is 5.75 Å². The average molecular weight is 317 g/mol. The molecule has 4 aromatic rings. The van der Waals surface area contributed by atoms with Gasteiger partial charge in [0, 0.05) is 30.7 Å². The molecule has 2 heterocycles. The van der Waals surface area contributed by atoms with Crippen LogP contribution in [0.4, 0.5) is 0 Å². The second kappa shape index (κ2) is 5.98. The maximum atomic E-state index is 5.69. The molecule has 2 aromatic heterocycles. The van der Waals surface area contributed by atoms with Crippen molar-refractivity contribution in [3.8, 4) is 5.75 Å². The molecule has 0 aliphatic heterocycles. The van der Waals surface area contributed by atoms with Crippen molar-refractivity contribution in [1.29, 1.82) is 0 Å². The van der Waals surface area contributed by atoms with Crippen LogP contribution in [0.25, 0.3) is 21.9 Å². The molecule has 0 aliphatic carbocycles. The van der Waals surface area contributed by atoms with Gasteiger partial charge in [-0.1, -0.05) is 24.3 Å². The van der Waals surface area contributed by atoms with Gasteiger partial charge in [-0.25, -0.2) is 0 Å². The Balaban J connectivity index is 1.90. The molecular weight excluding hydrogens is 298 g/mol. The van der Waals surface area contributed by atoms with E-state index >= 15 is 0 Å². The number of rotatable bonds is 4. The summed E-state index contributed by atoms with van der Waals surface area (Å²) in [5.74, 6) is 0.852. The first-order valence-corrected chi connectivity index (χ1v) is 7.99. The highest BCUT2D eigenvalue weighted by atomic mass is 16.5. The number of pyridine rings is 1. The summed E-state index contributed by atoms with van der Waals surface area (Å²) >= 11 is 0. The average Bonchev–Trinajstić information content (AvgIpc) is 2.96. The van der Waals surface area contributed by atoms with Crippen molar-refractivity contribution in [3.63, 3.8) is 0 Å². The summed E-state index contributed by atoms with van der Waals surface area (Å²) in [5.41, 5.74) is 11.3. The third-order valence-electron chi connectivity index (χ3n) is 4.43. The van der Waals surface area contributed by atoms with Crippen LogP contribution in [0, 0.1) is 0 Å². The fourth-order valence-electron chi connectivity index (χ4n) is 3.15. The van der Waals surface area contributed by atoms with Gasteiger partial charge in [-0.15, -0.1) is 0 Å². The van der Waals surface area contributed by atoms with Crippen molar-refractivity contribution in [3.05, 3.63) is 71.9 Å². The second-order valence-corrected chi connectivity index (χ2v) is 5.86. The Labute approximate surface area is 140 Å². The molecule has 2 N–H and O–H groups in total. The second-order valence-electron chi connectivity index (χ2n) is 5.86. The summed E-state index contributed by atoms with van der Waals surface area (Å²) in [6, 6.07) is 18.7. The zero-order valence-corrected chi connectivity index (χ0v) is 13.6. The Kier molecular flexibility index (Phi) is 3.67. The topological polar surface area (TPSA) is 53.1 Å². The van der Waals surface area contributed by atoms with Crippen molar-refractivity contribution in [2.45, 2.75) is 13.1 Å². The Morgan fingerprint density at radius 2 is 1.79 bits per heavy atom. The lowest BCUT2D eigenvalue weighted by atomic mass is 10.1. The lowest BCUT2D eigenvalue weighted by Crippen LogP contribution is -2.01. The largest absolute Gasteiger partial charge is 0.497 e. The number of fused-ring (bicyclic) bond motifs is 3. The molecule has 4 nitrogen and oxygen atoms in total. The van der Waals surface area contributed by atoms with E-state index in [0.29, 0.717) is 6.54 Å². The fourth-order valence-corrected chi connectivity index (χ4v) is 3.15. The number of benzene rings is 2. The minimum atomic E-state index is 0.566. The van der Waals surface area contributed by atoms with Crippen LogP contribution in [-0.2, 0) is 13.1 Å². The van der Waals surface area contributed by atoms with Gasteiger partial charge in [0.25, 0.3) is 0 Å². The van der Waals surface area contributed by atoms with E-state index in [4.69, 9.17) is 10.5 Å². The van der Waals surface area contributed by atoms with Crippen LogP contribution in [0.3, 0.4) is 0 Å². The van der Waals surface area contributed by atoms with Crippen molar-refractivity contribution in [2.24, 2.45) is 5.73 Å². The Morgan fingerprint density at radius 3 is 2.54 bits per heavy atom. The summed E-state index contributed by atoms with van der Waals surface area (Å²) < 4.78 is 7.70. The summed E-state index contributed by atoms with van der Waals surface area (Å²) in [7, 11) is 1.69. The van der Waals surface area contributed by atoms with E-state index in [1.54, 1.807) is 7.11 Å². The Morgan fingerprint density at radius 1 is 1.00 bits per heavy atom. The van der Waals surface area contributed by atoms with Crippen molar-refractivity contribution >= 4 is 21.9 Å². The van der Waals surface area contributed by atoms with Crippen LogP contribution in [0.1, 0.15) is 11.1 Å². The van der Waals surface area contributed by atoms with Gasteiger partial charge in [0.1, 0.15) is 5.75 Å². The van der Waals surface area contributed by atoms with Gasteiger partial charge in [0.15, 0.2) is 0 Å². The molecule has 0 fully saturated rings. The zero-order valence-electron chi connectivity index (χ0n) is 13.6. The molecule has 0 aliphatic rings. The van der Waals surface area contributed by atoms with Gasteiger partial charge in [-0.05, 0) is 35.4 Å². The molecule has 24 heavy (non-hydrogen) atoms. The minimum Gasteiger partial charge on any atom is -0.497 e. The van der Waals surface area contributed by atoms with Crippen LogP contribution in [-0.4, -0.2) is 16.7 Å². The molecule has 0 bridgehead atoms. The van der Waals surface area contributed by atoms with Gasteiger partial charge < -0.3 is 15.0 Å². The van der Waals surface area contributed by atoms with Gasteiger partial charge in [-0.2, -0.15) is 0 Å². The van der Waals surface area contributed by atoms with E-state index in [1.165, 1.54) is 5.56 Å². The molecule has 0 atom stereocenters. The Hall–Kier alpha value is -2.85. The maximum Gasteiger partial charge on any atom is 0.120 e. The van der Waals surface area contributed by atoms with Gasteiger partial charge in [0.05, 0.1) is 23.7 Å². The van der Waals surface area contributed by atoms with E-state index in [9.17, 15) is 0 Å². The highest BCUT2D eigenvalue weighted by molar-refractivity contribution is 6.06. The van der Waals surface area contributed by atoms with Gasteiger partial charge >= 0.3 is 0 Å². The van der Waals surface area contributed by atoms with Crippen molar-refractivity contribution < 1.29 is 4.74 Å². The monoisotopic (exact) mass is 317 g/mol. The van der Waals surface area contributed by atoms with Crippen LogP contribution >= 0.6 is 0 Å². The quantitative estimate of drug-likeness (QED) is 0.624. The predicted octanol–water partition coefficient (Wildman–Crippen LogP) is 3.71. The highest BCUT2D eigenvalue weighted by Gasteiger charge is 2.12. The summed E-state index contributed by atoms with van der Waals surface area (Å²) in [4.78, 5) is 4.58. The third kappa shape index (κ3) is 2.41. The first-order valence-electron chi connectivity index (χ1n) is 7.99. The fraction of sp³-hybridized carbons (Fsp3) is 0.150. The van der Waals surface area contributed by atoms with Crippen molar-refractivity contribution in [1.82, 2.24) is 9.55 Å². The van der Waals surface area contributed by atoms with E-state index in [-0.39, 0.29) is 0 Å². The molecule has 0 unspecified atom stereocenters. The standard InChI is InChI=1S/C20H19N3O/c1-24-16-8-9-17-19(11-16)23(18-3-2-10-22-20(17)18)13-15-6-4-14(12-21)5-7-15/h2-11H,12-13,21H2,1H3. The van der Waals surface area contributed by atoms with E-state index < -0.39 is 0 Å². The zero-order chi connectivity index (χ0) is 16.5. The van der Waals surface area contributed by atoms with Crippen LogP contribution < -0.4 is 10.5 Å². The summed E-state index contributed by atoms with van der Waals surface area (Å²) in [6.07, 6.45) is 1.84. The summed E-state index contributed by atoms with van der Waals surface area (Å²) in [6.45, 7) is 1.35. The maximum absolute atomic E-state index is 5.69. The first kappa shape index (κ1) is 14.7.